The number of rotatable bonds is 4. The molecule has 17 heavy (non-hydrogen) atoms. The molecular weight excluding hydrogens is 226 g/mol. The van der Waals surface area contributed by atoms with Gasteiger partial charge in [0, 0.05) is 16.3 Å². The Morgan fingerprint density at radius 3 is 2.82 bits per heavy atom. The number of hydrogen-bond donors (Lipinski definition) is 1. The van der Waals surface area contributed by atoms with Crippen LogP contribution >= 0.6 is 11.3 Å². The van der Waals surface area contributed by atoms with Gasteiger partial charge in [-0.1, -0.05) is 19.3 Å². The van der Waals surface area contributed by atoms with E-state index in [1.807, 2.05) is 11.3 Å². The van der Waals surface area contributed by atoms with E-state index in [4.69, 9.17) is 0 Å². The molecule has 1 heterocycles. The van der Waals surface area contributed by atoms with Crippen LogP contribution in [0.4, 0.5) is 0 Å². The molecule has 0 amide bonds. The molecule has 2 heteroatoms. The van der Waals surface area contributed by atoms with Crippen molar-refractivity contribution in [1.29, 1.82) is 0 Å². The number of hydrogen-bond acceptors (Lipinski definition) is 2. The van der Waals surface area contributed by atoms with E-state index < -0.39 is 0 Å². The predicted molar refractivity (Wildman–Crippen MR) is 74.6 cm³/mol. The predicted octanol–water partition coefficient (Wildman–Crippen LogP) is 3.91. The minimum atomic E-state index is 0.954. The van der Waals surface area contributed by atoms with Gasteiger partial charge >= 0.3 is 0 Å². The van der Waals surface area contributed by atoms with Crippen molar-refractivity contribution in [2.45, 2.75) is 57.9 Å². The molecule has 3 rings (SSSR count). The number of nitrogens with one attached hydrogen (secondary N) is 1. The molecule has 1 N–H and O–H groups in total. The summed E-state index contributed by atoms with van der Waals surface area (Å²) in [5.41, 5.74) is 1.64. The van der Waals surface area contributed by atoms with Gasteiger partial charge in [-0.05, 0) is 56.2 Å². The van der Waals surface area contributed by atoms with E-state index in [1.165, 1.54) is 57.9 Å². The largest absolute Gasteiger partial charge is 0.312 e. The Morgan fingerprint density at radius 1 is 1.12 bits per heavy atom. The number of thiophene rings is 1. The first-order valence-corrected chi connectivity index (χ1v) is 8.04. The average molecular weight is 249 g/mol. The fourth-order valence-electron chi connectivity index (χ4n) is 3.27. The molecule has 1 nitrogen and oxygen atoms in total. The topological polar surface area (TPSA) is 12.0 Å². The molecule has 0 aliphatic heterocycles. The van der Waals surface area contributed by atoms with Crippen molar-refractivity contribution in [3.8, 4) is 0 Å². The Labute approximate surface area is 109 Å². The van der Waals surface area contributed by atoms with E-state index in [-0.39, 0.29) is 0 Å². The molecule has 0 saturated heterocycles. The van der Waals surface area contributed by atoms with Crippen LogP contribution in [0.15, 0.2) is 6.07 Å². The van der Waals surface area contributed by atoms with Crippen molar-refractivity contribution in [1.82, 2.24) is 5.32 Å². The van der Waals surface area contributed by atoms with Gasteiger partial charge in [-0.25, -0.2) is 0 Å². The summed E-state index contributed by atoms with van der Waals surface area (Å²) in [5, 5.41) is 3.67. The van der Waals surface area contributed by atoms with Gasteiger partial charge in [0.1, 0.15) is 0 Å². The van der Waals surface area contributed by atoms with Gasteiger partial charge in [-0.15, -0.1) is 11.3 Å². The second-order valence-electron chi connectivity index (χ2n) is 5.65. The normalized spacial score (nSPS) is 20.7. The van der Waals surface area contributed by atoms with Crippen LogP contribution in [0.2, 0.25) is 0 Å². The molecule has 1 fully saturated rings. The molecule has 94 valence electrons. The zero-order chi connectivity index (χ0) is 11.5. The molecular formula is C15H23NS. The SMILES string of the molecule is c1c(CNCC2CCCCC2)sc2c1CCC2. The molecule has 0 atom stereocenters. The van der Waals surface area contributed by atoms with E-state index in [2.05, 4.69) is 11.4 Å². The van der Waals surface area contributed by atoms with Gasteiger partial charge in [0.15, 0.2) is 0 Å². The average Bonchev–Trinajstić information content (AvgIpc) is 2.91. The third-order valence-corrected chi connectivity index (χ3v) is 5.49. The molecule has 1 aromatic heterocycles. The molecule has 2 aliphatic rings. The third-order valence-electron chi connectivity index (χ3n) is 4.25. The van der Waals surface area contributed by atoms with Crippen LogP contribution in [0, 0.1) is 5.92 Å². The van der Waals surface area contributed by atoms with Crippen LogP contribution in [0.3, 0.4) is 0 Å². The maximum absolute atomic E-state index is 3.67. The summed E-state index contributed by atoms with van der Waals surface area (Å²) in [5.74, 6) is 0.954. The summed E-state index contributed by atoms with van der Waals surface area (Å²) < 4.78 is 0. The highest BCUT2D eigenvalue weighted by Crippen LogP contribution is 2.30. The van der Waals surface area contributed by atoms with Gasteiger partial charge in [-0.3, -0.25) is 0 Å². The maximum Gasteiger partial charge on any atom is 0.0300 e. The van der Waals surface area contributed by atoms with Gasteiger partial charge in [0.2, 0.25) is 0 Å². The third kappa shape index (κ3) is 2.92. The first-order chi connectivity index (χ1) is 8.42. The second-order valence-corrected chi connectivity index (χ2v) is 6.87. The van der Waals surface area contributed by atoms with Gasteiger partial charge in [0.25, 0.3) is 0 Å². The van der Waals surface area contributed by atoms with Crippen LogP contribution in [0.1, 0.15) is 53.8 Å². The number of aryl methyl sites for hydroxylation is 2. The highest BCUT2D eigenvalue weighted by molar-refractivity contribution is 7.12. The van der Waals surface area contributed by atoms with Crippen LogP contribution in [-0.4, -0.2) is 6.54 Å². The van der Waals surface area contributed by atoms with E-state index in [1.54, 1.807) is 15.3 Å². The second kappa shape index (κ2) is 5.53. The van der Waals surface area contributed by atoms with Gasteiger partial charge < -0.3 is 5.32 Å². The molecule has 1 saturated carbocycles. The summed E-state index contributed by atoms with van der Waals surface area (Å²) >= 11 is 2.05. The van der Waals surface area contributed by atoms with Crippen LogP contribution in [-0.2, 0) is 19.4 Å². The van der Waals surface area contributed by atoms with E-state index in [0.29, 0.717) is 0 Å². The first kappa shape index (κ1) is 11.7. The maximum atomic E-state index is 3.67. The summed E-state index contributed by atoms with van der Waals surface area (Å²) in [6.07, 6.45) is 11.3. The van der Waals surface area contributed by atoms with Gasteiger partial charge in [0.05, 0.1) is 0 Å². The summed E-state index contributed by atoms with van der Waals surface area (Å²) in [6.45, 7) is 2.34. The van der Waals surface area contributed by atoms with Crippen molar-refractivity contribution in [3.63, 3.8) is 0 Å². The molecule has 0 aromatic carbocycles. The monoisotopic (exact) mass is 249 g/mol. The Kier molecular flexibility index (Phi) is 3.82. The Bertz CT molecular complexity index is 341. The zero-order valence-corrected chi connectivity index (χ0v) is 11.5. The number of fused-ring (bicyclic) bond motifs is 1. The molecule has 0 spiro atoms. The summed E-state index contributed by atoms with van der Waals surface area (Å²) in [4.78, 5) is 3.23. The van der Waals surface area contributed by atoms with Crippen molar-refractivity contribution < 1.29 is 0 Å². The lowest BCUT2D eigenvalue weighted by Crippen LogP contribution is -2.23. The Balaban J connectivity index is 1.44. The lowest BCUT2D eigenvalue weighted by atomic mass is 9.89. The van der Waals surface area contributed by atoms with Crippen molar-refractivity contribution in [2.75, 3.05) is 6.54 Å². The van der Waals surface area contributed by atoms with Gasteiger partial charge in [-0.2, -0.15) is 0 Å². The van der Waals surface area contributed by atoms with E-state index in [0.717, 1.165) is 12.5 Å². The van der Waals surface area contributed by atoms with Crippen LogP contribution in [0.25, 0.3) is 0 Å². The molecule has 1 aromatic rings. The fourth-order valence-corrected chi connectivity index (χ4v) is 4.50. The molecule has 0 unspecified atom stereocenters. The standard InChI is InChI=1S/C15H23NS/c1-2-5-12(6-3-1)10-16-11-14-9-13-7-4-8-15(13)17-14/h9,12,16H,1-8,10-11H2. The smallest absolute Gasteiger partial charge is 0.0300 e. The molecule has 2 aliphatic carbocycles. The van der Waals surface area contributed by atoms with E-state index in [9.17, 15) is 0 Å². The van der Waals surface area contributed by atoms with Crippen LogP contribution < -0.4 is 5.32 Å². The van der Waals surface area contributed by atoms with Crippen molar-refractivity contribution >= 4 is 11.3 Å². The zero-order valence-electron chi connectivity index (χ0n) is 10.6. The quantitative estimate of drug-likeness (QED) is 0.853. The highest BCUT2D eigenvalue weighted by Gasteiger charge is 2.15. The minimum absolute atomic E-state index is 0.954. The lowest BCUT2D eigenvalue weighted by Gasteiger charge is -2.21. The first-order valence-electron chi connectivity index (χ1n) is 7.23. The van der Waals surface area contributed by atoms with Crippen molar-refractivity contribution in [2.24, 2.45) is 5.92 Å². The summed E-state index contributed by atoms with van der Waals surface area (Å²) in [7, 11) is 0. The lowest BCUT2D eigenvalue weighted by molar-refractivity contribution is 0.342. The molecule has 0 bridgehead atoms. The van der Waals surface area contributed by atoms with E-state index >= 15 is 0 Å². The van der Waals surface area contributed by atoms with Crippen molar-refractivity contribution in [3.05, 3.63) is 21.4 Å². The highest BCUT2D eigenvalue weighted by atomic mass is 32.1. The van der Waals surface area contributed by atoms with Crippen LogP contribution in [0.5, 0.6) is 0 Å². The Morgan fingerprint density at radius 2 is 2.00 bits per heavy atom. The minimum Gasteiger partial charge on any atom is -0.312 e. The Hall–Kier alpha value is -0.340. The summed E-state index contributed by atoms with van der Waals surface area (Å²) in [6, 6.07) is 2.45. The molecule has 0 radical (unpaired) electrons. The fraction of sp³-hybridized carbons (Fsp3) is 0.733.